The second kappa shape index (κ2) is 8.74. The standard InChI is InChI=1S/C25H30FN5O2/c1-16(2)23-22-21(30-13-11-29(12-14-30)18-5-4-6-18)15-20(25(32)33-3)27-24(22)31(28-23)19-9-7-17(26)8-10-19/h7-10,15-16,18H,4-6,11-14H2,1-3H3. The van der Waals surface area contributed by atoms with Gasteiger partial charge in [-0.2, -0.15) is 5.10 Å². The minimum atomic E-state index is -0.482. The molecule has 0 amide bonds. The van der Waals surface area contributed by atoms with Crippen molar-refractivity contribution >= 4 is 22.7 Å². The summed E-state index contributed by atoms with van der Waals surface area (Å²) in [5.41, 5.74) is 3.41. The van der Waals surface area contributed by atoms with E-state index in [4.69, 9.17) is 9.84 Å². The molecule has 2 aromatic heterocycles. The Labute approximate surface area is 193 Å². The third-order valence-electron chi connectivity index (χ3n) is 6.90. The first kappa shape index (κ1) is 21.8. The van der Waals surface area contributed by atoms with Crippen LogP contribution in [0.1, 0.15) is 55.2 Å². The van der Waals surface area contributed by atoms with Crippen LogP contribution < -0.4 is 4.90 Å². The molecule has 0 spiro atoms. The lowest BCUT2D eigenvalue weighted by Crippen LogP contribution is -2.52. The van der Waals surface area contributed by atoms with E-state index in [1.165, 1.54) is 38.5 Å². The highest BCUT2D eigenvalue weighted by molar-refractivity contribution is 5.99. The minimum Gasteiger partial charge on any atom is -0.464 e. The van der Waals surface area contributed by atoms with Gasteiger partial charge in [0.1, 0.15) is 5.82 Å². The van der Waals surface area contributed by atoms with Crippen LogP contribution in [0.3, 0.4) is 0 Å². The fourth-order valence-electron chi connectivity index (χ4n) is 4.83. The van der Waals surface area contributed by atoms with Crippen LogP contribution in [0.15, 0.2) is 30.3 Å². The smallest absolute Gasteiger partial charge is 0.356 e. The lowest BCUT2D eigenvalue weighted by molar-refractivity contribution is 0.0594. The van der Waals surface area contributed by atoms with Gasteiger partial charge in [-0.15, -0.1) is 0 Å². The molecule has 5 rings (SSSR count). The number of piperazine rings is 1. The Hall–Kier alpha value is -3.00. The highest BCUT2D eigenvalue weighted by Crippen LogP contribution is 2.36. The number of nitrogens with zero attached hydrogens (tertiary/aromatic N) is 5. The zero-order valence-electron chi connectivity index (χ0n) is 19.4. The number of hydrogen-bond acceptors (Lipinski definition) is 6. The van der Waals surface area contributed by atoms with Crippen molar-refractivity contribution in [1.82, 2.24) is 19.7 Å². The molecule has 8 heteroatoms. The average molecular weight is 452 g/mol. The summed E-state index contributed by atoms with van der Waals surface area (Å²) in [7, 11) is 1.36. The van der Waals surface area contributed by atoms with E-state index in [-0.39, 0.29) is 17.4 Å². The minimum absolute atomic E-state index is 0.148. The Kier molecular flexibility index (Phi) is 5.78. The predicted molar refractivity (Wildman–Crippen MR) is 126 cm³/mol. The molecule has 2 aliphatic rings. The summed E-state index contributed by atoms with van der Waals surface area (Å²) in [4.78, 5) is 22.1. The Balaban J connectivity index is 1.64. The van der Waals surface area contributed by atoms with E-state index >= 15 is 0 Å². The number of carbonyl (C=O) groups is 1. The number of esters is 1. The Bertz CT molecular complexity index is 1160. The predicted octanol–water partition coefficient (Wildman–Crippen LogP) is 4.14. The molecule has 1 aliphatic carbocycles. The molecule has 2 fully saturated rings. The maximum absolute atomic E-state index is 13.6. The van der Waals surface area contributed by atoms with Crippen LogP contribution in [-0.2, 0) is 4.74 Å². The maximum Gasteiger partial charge on any atom is 0.356 e. The highest BCUT2D eigenvalue weighted by atomic mass is 19.1. The molecule has 1 aromatic carbocycles. The number of pyridine rings is 1. The molecule has 1 saturated carbocycles. The van der Waals surface area contributed by atoms with E-state index in [9.17, 15) is 9.18 Å². The van der Waals surface area contributed by atoms with Crippen molar-refractivity contribution in [3.8, 4) is 5.69 Å². The summed E-state index contributed by atoms with van der Waals surface area (Å²) in [6, 6.07) is 8.73. The van der Waals surface area contributed by atoms with E-state index in [1.54, 1.807) is 16.8 Å². The second-order valence-corrected chi connectivity index (χ2v) is 9.25. The first-order valence-corrected chi connectivity index (χ1v) is 11.7. The van der Waals surface area contributed by atoms with Gasteiger partial charge in [0.05, 0.1) is 29.6 Å². The van der Waals surface area contributed by atoms with Crippen molar-refractivity contribution in [3.05, 3.63) is 47.5 Å². The molecular weight excluding hydrogens is 421 g/mol. The van der Waals surface area contributed by atoms with E-state index in [0.29, 0.717) is 11.3 Å². The lowest BCUT2D eigenvalue weighted by atomic mass is 9.91. The van der Waals surface area contributed by atoms with E-state index in [1.807, 2.05) is 6.07 Å². The van der Waals surface area contributed by atoms with Gasteiger partial charge in [-0.05, 0) is 49.1 Å². The number of carbonyl (C=O) groups excluding carboxylic acids is 1. The molecule has 3 heterocycles. The van der Waals surface area contributed by atoms with Gasteiger partial charge in [0.25, 0.3) is 0 Å². The maximum atomic E-state index is 13.6. The fourth-order valence-corrected chi connectivity index (χ4v) is 4.83. The third-order valence-corrected chi connectivity index (χ3v) is 6.90. The third kappa shape index (κ3) is 3.97. The first-order valence-electron chi connectivity index (χ1n) is 11.7. The molecule has 3 aromatic rings. The van der Waals surface area contributed by atoms with Gasteiger partial charge in [0.2, 0.25) is 0 Å². The van der Waals surface area contributed by atoms with Gasteiger partial charge in [0, 0.05) is 32.2 Å². The molecular formula is C25H30FN5O2. The molecule has 0 radical (unpaired) electrons. The van der Waals surface area contributed by atoms with Crippen molar-refractivity contribution < 1.29 is 13.9 Å². The normalized spacial score (nSPS) is 17.5. The summed E-state index contributed by atoms with van der Waals surface area (Å²) in [5, 5.41) is 5.82. The number of methoxy groups -OCH3 is 1. The number of halogens is 1. The second-order valence-electron chi connectivity index (χ2n) is 9.25. The molecule has 0 bridgehead atoms. The van der Waals surface area contributed by atoms with Crippen molar-refractivity contribution in [3.63, 3.8) is 0 Å². The van der Waals surface area contributed by atoms with E-state index < -0.39 is 5.97 Å². The highest BCUT2D eigenvalue weighted by Gasteiger charge is 2.30. The van der Waals surface area contributed by atoms with Gasteiger partial charge < -0.3 is 9.64 Å². The molecule has 0 unspecified atom stereocenters. The van der Waals surface area contributed by atoms with Crippen molar-refractivity contribution in [2.45, 2.75) is 45.1 Å². The van der Waals surface area contributed by atoms with Gasteiger partial charge in [0.15, 0.2) is 11.3 Å². The molecule has 1 saturated heterocycles. The van der Waals surface area contributed by atoms with Crippen molar-refractivity contribution in [2.24, 2.45) is 0 Å². The van der Waals surface area contributed by atoms with Crippen LogP contribution in [0.4, 0.5) is 10.1 Å². The number of anilines is 1. The monoisotopic (exact) mass is 451 g/mol. The van der Waals surface area contributed by atoms with Crippen LogP contribution in [0, 0.1) is 5.82 Å². The molecule has 7 nitrogen and oxygen atoms in total. The summed E-state index contributed by atoms with van der Waals surface area (Å²) < 4.78 is 20.3. The zero-order valence-corrected chi connectivity index (χ0v) is 19.4. The Morgan fingerprint density at radius 2 is 1.82 bits per heavy atom. The SMILES string of the molecule is COC(=O)c1cc(N2CCN(C3CCC3)CC2)c2c(C(C)C)nn(-c3ccc(F)cc3)c2n1. The van der Waals surface area contributed by atoms with Gasteiger partial charge in [-0.25, -0.2) is 18.9 Å². The number of rotatable bonds is 5. The molecule has 1 aliphatic heterocycles. The van der Waals surface area contributed by atoms with Crippen LogP contribution in [-0.4, -0.2) is 65.0 Å². The number of hydrogen-bond donors (Lipinski definition) is 0. The Morgan fingerprint density at radius 1 is 1.12 bits per heavy atom. The molecule has 33 heavy (non-hydrogen) atoms. The van der Waals surface area contributed by atoms with Gasteiger partial charge in [-0.3, -0.25) is 4.90 Å². The van der Waals surface area contributed by atoms with Crippen LogP contribution in [0.2, 0.25) is 0 Å². The molecule has 174 valence electrons. The first-order chi connectivity index (χ1) is 16.0. The molecule has 0 atom stereocenters. The number of aromatic nitrogens is 3. The Morgan fingerprint density at radius 3 is 2.39 bits per heavy atom. The van der Waals surface area contributed by atoms with Crippen molar-refractivity contribution in [1.29, 1.82) is 0 Å². The zero-order chi connectivity index (χ0) is 23.1. The van der Waals surface area contributed by atoms with Crippen LogP contribution >= 0.6 is 0 Å². The van der Waals surface area contributed by atoms with Gasteiger partial charge >= 0.3 is 5.97 Å². The fraction of sp³-hybridized carbons (Fsp3) is 0.480. The summed E-state index contributed by atoms with van der Waals surface area (Å²) in [6.45, 7) is 7.98. The van der Waals surface area contributed by atoms with Gasteiger partial charge in [-0.1, -0.05) is 20.3 Å². The largest absolute Gasteiger partial charge is 0.464 e. The van der Waals surface area contributed by atoms with Crippen molar-refractivity contribution in [2.75, 3.05) is 38.2 Å². The summed E-state index contributed by atoms with van der Waals surface area (Å²) in [6.07, 6.45) is 3.93. The average Bonchev–Trinajstić information content (AvgIpc) is 3.18. The lowest BCUT2D eigenvalue weighted by Gasteiger charge is -2.43. The summed E-state index contributed by atoms with van der Waals surface area (Å²) >= 11 is 0. The number of ether oxygens (including phenoxy) is 1. The topological polar surface area (TPSA) is 63.5 Å². The van der Waals surface area contributed by atoms with Crippen LogP contribution in [0.25, 0.3) is 16.7 Å². The summed E-state index contributed by atoms with van der Waals surface area (Å²) in [5.74, 6) is -0.647. The number of benzene rings is 1. The molecule has 0 N–H and O–H groups in total. The van der Waals surface area contributed by atoms with E-state index in [2.05, 4.69) is 28.6 Å². The van der Waals surface area contributed by atoms with Crippen LogP contribution in [0.5, 0.6) is 0 Å². The van der Waals surface area contributed by atoms with E-state index in [0.717, 1.165) is 49.0 Å². The number of fused-ring (bicyclic) bond motifs is 1. The quantitative estimate of drug-likeness (QED) is 0.543.